The summed E-state index contributed by atoms with van der Waals surface area (Å²) in [6.45, 7) is 0.468. The van der Waals surface area contributed by atoms with Crippen LogP contribution in [0.3, 0.4) is 0 Å². The van der Waals surface area contributed by atoms with Crippen LogP contribution >= 0.6 is 11.6 Å². The number of benzene rings is 2. The Balaban J connectivity index is 1.88. The van der Waals surface area contributed by atoms with Gasteiger partial charge in [0, 0.05) is 22.8 Å². The van der Waals surface area contributed by atoms with Gasteiger partial charge in [-0.1, -0.05) is 35.7 Å². The van der Waals surface area contributed by atoms with E-state index < -0.39 is 6.10 Å². The molecule has 5 heteroatoms. The van der Waals surface area contributed by atoms with Gasteiger partial charge in [-0.15, -0.1) is 6.42 Å². The van der Waals surface area contributed by atoms with Crippen molar-refractivity contribution in [2.24, 2.45) is 0 Å². The Morgan fingerprint density at radius 1 is 1.33 bits per heavy atom. The average Bonchev–Trinajstić information content (AvgIpc) is 2.54. The molecular weight excluding hydrogens is 324 g/mol. The van der Waals surface area contributed by atoms with E-state index in [9.17, 15) is 9.90 Å². The van der Waals surface area contributed by atoms with Gasteiger partial charge in [0.2, 0.25) is 5.91 Å². The van der Waals surface area contributed by atoms with Gasteiger partial charge in [-0.25, -0.2) is 0 Å². The maximum atomic E-state index is 12.1. The minimum atomic E-state index is -0.716. The molecule has 2 aromatic carbocycles. The smallest absolute Gasteiger partial charge is 0.238 e. The number of hydrogen-bond donors (Lipinski definition) is 2. The van der Waals surface area contributed by atoms with Crippen LogP contribution in [-0.4, -0.2) is 36.1 Å². The lowest BCUT2D eigenvalue weighted by Crippen LogP contribution is -2.33. The van der Waals surface area contributed by atoms with E-state index in [-0.39, 0.29) is 12.5 Å². The highest BCUT2D eigenvalue weighted by atomic mass is 35.5. The number of anilines is 1. The fourth-order valence-electron chi connectivity index (χ4n) is 2.31. The topological polar surface area (TPSA) is 52.6 Å². The van der Waals surface area contributed by atoms with Crippen LogP contribution in [0.1, 0.15) is 17.2 Å². The van der Waals surface area contributed by atoms with E-state index in [0.717, 1.165) is 5.56 Å². The number of amides is 1. The molecule has 0 aliphatic heterocycles. The number of aliphatic hydroxyl groups excluding tert-OH is 1. The van der Waals surface area contributed by atoms with Crippen molar-refractivity contribution >= 4 is 23.2 Å². The summed E-state index contributed by atoms with van der Waals surface area (Å²) in [5.74, 6) is 2.35. The highest BCUT2D eigenvalue weighted by molar-refractivity contribution is 6.30. The first kappa shape index (κ1) is 18.0. The third-order valence-electron chi connectivity index (χ3n) is 3.44. The number of rotatable bonds is 6. The lowest BCUT2D eigenvalue weighted by atomic mass is 10.1. The maximum absolute atomic E-state index is 12.1. The number of nitrogens with zero attached hydrogens (tertiary/aromatic N) is 1. The highest BCUT2D eigenvalue weighted by Crippen LogP contribution is 2.18. The van der Waals surface area contributed by atoms with Gasteiger partial charge in [0.15, 0.2) is 0 Å². The first-order valence-electron chi connectivity index (χ1n) is 7.46. The predicted molar refractivity (Wildman–Crippen MR) is 96.9 cm³/mol. The standard InChI is InChI=1S/C19H19ClN2O2/c1-3-14-6-4-9-17(10-14)21-19(24)13-22(2)12-18(23)15-7-5-8-16(20)11-15/h1,4-11,18,23H,12-13H2,2H3,(H,21,24). The van der Waals surface area contributed by atoms with E-state index >= 15 is 0 Å². The Morgan fingerprint density at radius 3 is 2.79 bits per heavy atom. The summed E-state index contributed by atoms with van der Waals surface area (Å²) in [5, 5.41) is 13.6. The van der Waals surface area contributed by atoms with E-state index in [2.05, 4.69) is 11.2 Å². The van der Waals surface area contributed by atoms with Crippen molar-refractivity contribution in [1.82, 2.24) is 4.90 Å². The molecule has 0 radical (unpaired) electrons. The van der Waals surface area contributed by atoms with E-state index in [4.69, 9.17) is 18.0 Å². The van der Waals surface area contributed by atoms with Crippen LogP contribution in [0.15, 0.2) is 48.5 Å². The van der Waals surface area contributed by atoms with Crippen molar-refractivity contribution < 1.29 is 9.90 Å². The van der Waals surface area contributed by atoms with E-state index in [0.29, 0.717) is 22.8 Å². The second-order valence-electron chi connectivity index (χ2n) is 5.54. The number of terminal acetylenes is 1. The summed E-state index contributed by atoms with van der Waals surface area (Å²) in [6.07, 6.45) is 4.63. The second-order valence-corrected chi connectivity index (χ2v) is 5.98. The Kier molecular flexibility index (Phi) is 6.39. The number of hydrogen-bond acceptors (Lipinski definition) is 3. The summed E-state index contributed by atoms with van der Waals surface area (Å²) in [6, 6.07) is 14.1. The van der Waals surface area contributed by atoms with Crippen LogP contribution in [0.5, 0.6) is 0 Å². The van der Waals surface area contributed by atoms with Crippen LogP contribution in [0, 0.1) is 12.3 Å². The average molecular weight is 343 g/mol. The molecule has 1 amide bonds. The molecule has 24 heavy (non-hydrogen) atoms. The molecule has 2 rings (SSSR count). The molecule has 0 spiro atoms. The van der Waals surface area contributed by atoms with Gasteiger partial charge in [-0.05, 0) is 42.9 Å². The molecule has 2 aromatic rings. The molecule has 0 saturated heterocycles. The minimum absolute atomic E-state index is 0.151. The van der Waals surface area contributed by atoms with Gasteiger partial charge in [0.1, 0.15) is 0 Å². The van der Waals surface area contributed by atoms with Gasteiger partial charge in [0.05, 0.1) is 12.6 Å². The first-order valence-corrected chi connectivity index (χ1v) is 7.84. The summed E-state index contributed by atoms with van der Waals surface area (Å²) >= 11 is 5.92. The molecule has 124 valence electrons. The molecule has 0 aromatic heterocycles. The molecule has 0 aliphatic carbocycles. The zero-order valence-corrected chi connectivity index (χ0v) is 14.1. The number of carbonyl (C=O) groups is 1. The molecule has 0 aliphatic rings. The second kappa shape index (κ2) is 8.51. The van der Waals surface area contributed by atoms with Gasteiger partial charge >= 0.3 is 0 Å². The molecule has 1 unspecified atom stereocenters. The van der Waals surface area contributed by atoms with Crippen LogP contribution in [-0.2, 0) is 4.79 Å². The Labute approximate surface area is 147 Å². The van der Waals surface area contributed by atoms with Crippen molar-refractivity contribution in [3.8, 4) is 12.3 Å². The Morgan fingerprint density at radius 2 is 2.08 bits per heavy atom. The molecule has 0 heterocycles. The summed E-state index contributed by atoms with van der Waals surface area (Å²) in [5.41, 5.74) is 2.08. The molecule has 0 bridgehead atoms. The lowest BCUT2D eigenvalue weighted by molar-refractivity contribution is -0.117. The Hall–Kier alpha value is -2.32. The number of aliphatic hydroxyl groups is 1. The fourth-order valence-corrected chi connectivity index (χ4v) is 2.51. The van der Waals surface area contributed by atoms with Crippen LogP contribution in [0.25, 0.3) is 0 Å². The normalized spacial score (nSPS) is 11.8. The van der Waals surface area contributed by atoms with E-state index in [1.807, 2.05) is 0 Å². The summed E-state index contributed by atoms with van der Waals surface area (Å²) in [7, 11) is 1.77. The van der Waals surface area contributed by atoms with Crippen molar-refractivity contribution in [2.75, 3.05) is 25.5 Å². The maximum Gasteiger partial charge on any atom is 0.238 e. The predicted octanol–water partition coefficient (Wildman–Crippen LogP) is 2.93. The third-order valence-corrected chi connectivity index (χ3v) is 3.68. The number of nitrogens with one attached hydrogen (secondary N) is 1. The molecule has 1 atom stereocenters. The summed E-state index contributed by atoms with van der Waals surface area (Å²) < 4.78 is 0. The molecule has 2 N–H and O–H groups in total. The van der Waals surface area contributed by atoms with Gasteiger partial charge in [0.25, 0.3) is 0 Å². The summed E-state index contributed by atoms with van der Waals surface area (Å²) in [4.78, 5) is 13.8. The highest BCUT2D eigenvalue weighted by Gasteiger charge is 2.14. The van der Waals surface area contributed by atoms with Crippen LogP contribution in [0.4, 0.5) is 5.69 Å². The first-order chi connectivity index (χ1) is 11.5. The molecule has 0 saturated carbocycles. The quantitative estimate of drug-likeness (QED) is 0.794. The van der Waals surface area contributed by atoms with Crippen molar-refractivity contribution in [3.63, 3.8) is 0 Å². The van der Waals surface area contributed by atoms with Gasteiger partial charge < -0.3 is 10.4 Å². The van der Waals surface area contributed by atoms with Crippen molar-refractivity contribution in [2.45, 2.75) is 6.10 Å². The van der Waals surface area contributed by atoms with Crippen LogP contribution in [0.2, 0.25) is 5.02 Å². The molecular formula is C19H19ClN2O2. The lowest BCUT2D eigenvalue weighted by Gasteiger charge is -2.20. The SMILES string of the molecule is C#Cc1cccc(NC(=O)CN(C)CC(O)c2cccc(Cl)c2)c1. The van der Waals surface area contributed by atoms with Crippen molar-refractivity contribution in [1.29, 1.82) is 0 Å². The zero-order chi connectivity index (χ0) is 17.5. The van der Waals surface area contributed by atoms with Crippen molar-refractivity contribution in [3.05, 3.63) is 64.7 Å². The van der Waals surface area contributed by atoms with Gasteiger partial charge in [-0.2, -0.15) is 0 Å². The number of likely N-dealkylation sites (N-methyl/N-ethyl adjacent to an activating group) is 1. The third kappa shape index (κ3) is 5.39. The Bertz CT molecular complexity index is 755. The van der Waals surface area contributed by atoms with Crippen LogP contribution < -0.4 is 5.32 Å². The largest absolute Gasteiger partial charge is 0.387 e. The van der Waals surface area contributed by atoms with E-state index in [1.165, 1.54) is 0 Å². The fraction of sp³-hybridized carbons (Fsp3) is 0.211. The molecule has 4 nitrogen and oxygen atoms in total. The van der Waals surface area contributed by atoms with Gasteiger partial charge in [-0.3, -0.25) is 9.69 Å². The van der Waals surface area contributed by atoms with E-state index in [1.54, 1.807) is 60.5 Å². The number of carbonyl (C=O) groups excluding carboxylic acids is 1. The molecule has 0 fully saturated rings. The number of halogens is 1. The minimum Gasteiger partial charge on any atom is -0.387 e. The zero-order valence-electron chi connectivity index (χ0n) is 13.4. The monoisotopic (exact) mass is 342 g/mol.